The smallest absolute Gasteiger partial charge is 0.306 e. The van der Waals surface area contributed by atoms with Gasteiger partial charge < -0.3 is 9.84 Å². The summed E-state index contributed by atoms with van der Waals surface area (Å²) in [7, 11) is -2.28. The predicted molar refractivity (Wildman–Crippen MR) is 73.7 cm³/mol. The van der Waals surface area contributed by atoms with Crippen molar-refractivity contribution in [1.82, 2.24) is 4.72 Å². The molecule has 0 aliphatic heterocycles. The van der Waals surface area contributed by atoms with E-state index in [9.17, 15) is 18.0 Å². The SMILES string of the molecule is CCC(CCNS(=O)(=O)CCC(=O)OC)CCC(=O)O. The zero-order valence-electron chi connectivity index (χ0n) is 11.9. The molecular weight excluding hydrogens is 286 g/mol. The maximum Gasteiger partial charge on any atom is 0.306 e. The van der Waals surface area contributed by atoms with Crippen LogP contribution in [-0.2, 0) is 24.3 Å². The van der Waals surface area contributed by atoms with Gasteiger partial charge in [0.15, 0.2) is 0 Å². The summed E-state index contributed by atoms with van der Waals surface area (Å²) < 4.78 is 29.9. The first-order chi connectivity index (χ1) is 9.30. The second-order valence-electron chi connectivity index (χ2n) is 4.53. The third-order valence-corrected chi connectivity index (χ3v) is 4.41. The quantitative estimate of drug-likeness (QED) is 0.545. The van der Waals surface area contributed by atoms with Gasteiger partial charge in [-0.05, 0) is 18.8 Å². The molecule has 0 aromatic heterocycles. The number of hydrogen-bond donors (Lipinski definition) is 2. The van der Waals surface area contributed by atoms with Crippen LogP contribution in [0.5, 0.6) is 0 Å². The molecule has 0 amide bonds. The number of aliphatic carboxylic acids is 1. The Kier molecular flexibility index (Phi) is 9.15. The van der Waals surface area contributed by atoms with Crippen LogP contribution in [0.2, 0.25) is 0 Å². The average Bonchev–Trinajstić information content (AvgIpc) is 2.39. The van der Waals surface area contributed by atoms with E-state index in [1.54, 1.807) is 0 Å². The highest BCUT2D eigenvalue weighted by molar-refractivity contribution is 7.89. The number of sulfonamides is 1. The average molecular weight is 309 g/mol. The maximum absolute atomic E-state index is 11.6. The summed E-state index contributed by atoms with van der Waals surface area (Å²) in [6.07, 6.45) is 1.84. The number of carboxylic acids is 1. The van der Waals surface area contributed by atoms with Gasteiger partial charge >= 0.3 is 11.9 Å². The van der Waals surface area contributed by atoms with E-state index >= 15 is 0 Å². The van der Waals surface area contributed by atoms with Crippen LogP contribution < -0.4 is 4.72 Å². The van der Waals surface area contributed by atoms with Crippen LogP contribution in [0.1, 0.15) is 39.0 Å². The molecule has 0 saturated heterocycles. The van der Waals surface area contributed by atoms with E-state index in [1.807, 2.05) is 6.92 Å². The zero-order chi connectivity index (χ0) is 15.6. The Morgan fingerprint density at radius 3 is 2.40 bits per heavy atom. The van der Waals surface area contributed by atoms with E-state index in [-0.39, 0.29) is 31.1 Å². The number of esters is 1. The van der Waals surface area contributed by atoms with Crippen LogP contribution in [0.25, 0.3) is 0 Å². The van der Waals surface area contributed by atoms with Crippen LogP contribution in [0, 0.1) is 5.92 Å². The topological polar surface area (TPSA) is 110 Å². The van der Waals surface area contributed by atoms with Gasteiger partial charge in [-0.2, -0.15) is 0 Å². The minimum absolute atomic E-state index is 0.0909. The number of methoxy groups -OCH3 is 1. The summed E-state index contributed by atoms with van der Waals surface area (Å²) in [5.74, 6) is -1.54. The lowest BCUT2D eigenvalue weighted by molar-refractivity contribution is -0.140. The lowest BCUT2D eigenvalue weighted by Crippen LogP contribution is -2.29. The van der Waals surface area contributed by atoms with Gasteiger partial charge in [-0.3, -0.25) is 9.59 Å². The number of nitrogens with one attached hydrogen (secondary N) is 1. The molecule has 1 unspecified atom stereocenters. The van der Waals surface area contributed by atoms with Crippen LogP contribution in [0.4, 0.5) is 0 Å². The molecule has 0 aliphatic carbocycles. The Morgan fingerprint density at radius 2 is 1.90 bits per heavy atom. The monoisotopic (exact) mass is 309 g/mol. The molecule has 118 valence electrons. The number of ether oxygens (including phenoxy) is 1. The van der Waals surface area contributed by atoms with E-state index < -0.39 is 22.0 Å². The first-order valence-corrected chi connectivity index (χ1v) is 8.22. The van der Waals surface area contributed by atoms with E-state index in [0.29, 0.717) is 12.8 Å². The number of carbonyl (C=O) groups excluding carboxylic acids is 1. The molecule has 0 heterocycles. The maximum atomic E-state index is 11.6. The van der Waals surface area contributed by atoms with Crippen molar-refractivity contribution in [3.8, 4) is 0 Å². The highest BCUT2D eigenvalue weighted by Gasteiger charge is 2.14. The van der Waals surface area contributed by atoms with Crippen LogP contribution in [-0.4, -0.2) is 44.9 Å². The Labute approximate surface area is 119 Å². The summed E-state index contributed by atoms with van der Waals surface area (Å²) in [4.78, 5) is 21.3. The third kappa shape index (κ3) is 9.74. The van der Waals surface area contributed by atoms with E-state index in [1.165, 1.54) is 7.11 Å². The van der Waals surface area contributed by atoms with Gasteiger partial charge in [0, 0.05) is 13.0 Å². The molecule has 1 atom stereocenters. The molecule has 0 saturated carbocycles. The van der Waals surface area contributed by atoms with Crippen molar-refractivity contribution in [2.24, 2.45) is 5.92 Å². The van der Waals surface area contributed by atoms with Crippen LogP contribution in [0.15, 0.2) is 0 Å². The largest absolute Gasteiger partial charge is 0.481 e. The summed E-state index contributed by atoms with van der Waals surface area (Å²) >= 11 is 0. The van der Waals surface area contributed by atoms with Crippen LogP contribution in [0.3, 0.4) is 0 Å². The summed E-state index contributed by atoms with van der Waals surface area (Å²) in [6.45, 7) is 2.19. The molecule has 0 aromatic rings. The van der Waals surface area contributed by atoms with Crippen LogP contribution >= 0.6 is 0 Å². The summed E-state index contributed by atoms with van der Waals surface area (Å²) in [5, 5.41) is 8.60. The molecule has 2 N–H and O–H groups in total. The van der Waals surface area contributed by atoms with Crippen molar-refractivity contribution >= 4 is 22.0 Å². The molecule has 7 nitrogen and oxygen atoms in total. The molecule has 0 fully saturated rings. The van der Waals surface area contributed by atoms with Gasteiger partial charge in [0.25, 0.3) is 0 Å². The Morgan fingerprint density at radius 1 is 1.25 bits per heavy atom. The van der Waals surface area contributed by atoms with Gasteiger partial charge in [-0.25, -0.2) is 13.1 Å². The second kappa shape index (κ2) is 9.71. The minimum atomic E-state index is -3.49. The molecule has 20 heavy (non-hydrogen) atoms. The first-order valence-electron chi connectivity index (χ1n) is 6.56. The van der Waals surface area contributed by atoms with Crippen molar-refractivity contribution in [3.63, 3.8) is 0 Å². The zero-order valence-corrected chi connectivity index (χ0v) is 12.7. The minimum Gasteiger partial charge on any atom is -0.481 e. The molecule has 0 rings (SSSR count). The van der Waals surface area contributed by atoms with Gasteiger partial charge in [-0.15, -0.1) is 0 Å². The van der Waals surface area contributed by atoms with E-state index in [2.05, 4.69) is 9.46 Å². The van der Waals surface area contributed by atoms with E-state index in [0.717, 1.165) is 6.42 Å². The molecule has 0 bridgehead atoms. The van der Waals surface area contributed by atoms with Gasteiger partial charge in [0.05, 0.1) is 19.3 Å². The van der Waals surface area contributed by atoms with Crippen molar-refractivity contribution in [2.45, 2.75) is 39.0 Å². The molecule has 8 heteroatoms. The molecular formula is C12H23NO6S. The van der Waals surface area contributed by atoms with Crippen molar-refractivity contribution in [1.29, 1.82) is 0 Å². The third-order valence-electron chi connectivity index (χ3n) is 3.02. The van der Waals surface area contributed by atoms with Gasteiger partial charge in [0.1, 0.15) is 0 Å². The molecule has 0 aliphatic rings. The predicted octanol–water partition coefficient (Wildman–Crippen LogP) is 0.750. The Balaban J connectivity index is 4.00. The lowest BCUT2D eigenvalue weighted by Gasteiger charge is -2.14. The fraction of sp³-hybridized carbons (Fsp3) is 0.833. The van der Waals surface area contributed by atoms with Crippen molar-refractivity contribution in [3.05, 3.63) is 0 Å². The second-order valence-corrected chi connectivity index (χ2v) is 6.46. The fourth-order valence-electron chi connectivity index (χ4n) is 1.69. The number of carboxylic acid groups (broad SMARTS) is 1. The Bertz CT molecular complexity index is 406. The molecule has 0 radical (unpaired) electrons. The normalized spacial score (nSPS) is 12.9. The molecule has 0 spiro atoms. The first kappa shape index (κ1) is 18.9. The van der Waals surface area contributed by atoms with Crippen molar-refractivity contribution in [2.75, 3.05) is 19.4 Å². The summed E-state index contributed by atoms with van der Waals surface area (Å²) in [5.41, 5.74) is 0. The fourth-order valence-corrected chi connectivity index (χ4v) is 2.70. The number of carbonyl (C=O) groups is 2. The Hall–Kier alpha value is -1.15. The van der Waals surface area contributed by atoms with Crippen molar-refractivity contribution < 1.29 is 27.9 Å². The van der Waals surface area contributed by atoms with Gasteiger partial charge in [-0.1, -0.05) is 13.3 Å². The van der Waals surface area contributed by atoms with E-state index in [4.69, 9.17) is 5.11 Å². The molecule has 0 aromatic carbocycles. The van der Waals surface area contributed by atoms with Gasteiger partial charge in [0.2, 0.25) is 10.0 Å². The summed E-state index contributed by atoms with van der Waals surface area (Å²) in [6, 6.07) is 0. The number of rotatable bonds is 11. The number of hydrogen-bond acceptors (Lipinski definition) is 5. The highest BCUT2D eigenvalue weighted by Crippen LogP contribution is 2.14. The highest BCUT2D eigenvalue weighted by atomic mass is 32.2. The standard InChI is InChI=1S/C12H23NO6S/c1-3-10(4-5-11(14)15)6-8-13-20(17,18)9-7-12(16)19-2/h10,13H,3-9H2,1-2H3,(H,14,15). The lowest BCUT2D eigenvalue weighted by atomic mass is 9.97.